The summed E-state index contributed by atoms with van der Waals surface area (Å²) in [5, 5.41) is 11.4. The maximum absolute atomic E-state index is 12.6. The standard InChI is InChI=1S/C23H20N4O8S2/c1-31-18-8-14(6-15(10-24)21(28)25-22-26-23(27-36-22)37(3,29)30)9-19(32-2)20(18)33-11-13-4-5-16-17(7-13)35-12-34-16/h4-9H,11-12H2,1-3H3,(H,25,26,27,28)/b15-6-. The second kappa shape index (κ2) is 10.7. The molecule has 0 saturated heterocycles. The third-order valence-corrected chi connectivity index (χ3v) is 6.53. The summed E-state index contributed by atoms with van der Waals surface area (Å²) in [4.78, 5) is 16.4. The number of carbonyl (C=O) groups excluding carboxylic acids is 1. The van der Waals surface area contributed by atoms with Gasteiger partial charge in [-0.05, 0) is 41.5 Å². The maximum Gasteiger partial charge on any atom is 0.268 e. The molecule has 2 aromatic carbocycles. The number of hydrogen-bond acceptors (Lipinski definition) is 12. The molecule has 0 radical (unpaired) electrons. The first-order chi connectivity index (χ1) is 17.7. The van der Waals surface area contributed by atoms with Gasteiger partial charge in [-0.2, -0.15) is 14.6 Å². The molecule has 2 heterocycles. The fourth-order valence-electron chi connectivity index (χ4n) is 3.20. The van der Waals surface area contributed by atoms with Gasteiger partial charge in [-0.1, -0.05) is 6.07 Å². The van der Waals surface area contributed by atoms with Crippen molar-refractivity contribution in [3.63, 3.8) is 0 Å². The highest BCUT2D eigenvalue weighted by atomic mass is 32.2. The van der Waals surface area contributed by atoms with E-state index in [2.05, 4.69) is 14.7 Å². The SMILES string of the molecule is COc1cc(/C=C(/C#N)C(=O)Nc2nc(S(C)(=O)=O)ns2)cc(OC)c1OCc1ccc2c(c1)OCO2. The van der Waals surface area contributed by atoms with Crippen LogP contribution in [0.3, 0.4) is 0 Å². The van der Waals surface area contributed by atoms with Crippen molar-refractivity contribution in [2.75, 3.05) is 32.6 Å². The number of nitrogens with zero attached hydrogens (tertiary/aromatic N) is 3. The number of nitriles is 1. The van der Waals surface area contributed by atoms with Crippen molar-refractivity contribution in [2.24, 2.45) is 0 Å². The largest absolute Gasteiger partial charge is 0.493 e. The van der Waals surface area contributed by atoms with Gasteiger partial charge in [0, 0.05) is 17.8 Å². The van der Waals surface area contributed by atoms with Gasteiger partial charge in [0.1, 0.15) is 18.2 Å². The predicted molar refractivity (Wildman–Crippen MR) is 132 cm³/mol. The number of carbonyl (C=O) groups is 1. The molecule has 0 aliphatic carbocycles. The molecule has 0 bridgehead atoms. The molecule has 3 aromatic rings. The van der Waals surface area contributed by atoms with E-state index in [0.29, 0.717) is 45.8 Å². The van der Waals surface area contributed by atoms with E-state index in [1.807, 2.05) is 18.2 Å². The molecule has 0 saturated carbocycles. The number of hydrogen-bond donors (Lipinski definition) is 1. The van der Waals surface area contributed by atoms with Gasteiger partial charge in [0.05, 0.1) is 14.2 Å². The van der Waals surface area contributed by atoms with E-state index < -0.39 is 20.9 Å². The monoisotopic (exact) mass is 544 g/mol. The number of sulfone groups is 1. The lowest BCUT2D eigenvalue weighted by molar-refractivity contribution is -0.112. The van der Waals surface area contributed by atoms with Crippen molar-refractivity contribution in [2.45, 2.75) is 11.8 Å². The minimum Gasteiger partial charge on any atom is -0.493 e. The number of nitrogens with one attached hydrogen (secondary N) is 1. The summed E-state index contributed by atoms with van der Waals surface area (Å²) in [6.45, 7) is 0.350. The molecule has 1 aliphatic heterocycles. The summed E-state index contributed by atoms with van der Waals surface area (Å²) >= 11 is 0.683. The van der Waals surface area contributed by atoms with Crippen LogP contribution in [0.25, 0.3) is 6.08 Å². The smallest absolute Gasteiger partial charge is 0.268 e. The Labute approximate surface area is 216 Å². The number of amides is 1. The van der Waals surface area contributed by atoms with E-state index in [4.69, 9.17) is 23.7 Å². The molecule has 4 rings (SSSR count). The van der Waals surface area contributed by atoms with E-state index in [-0.39, 0.29) is 24.1 Å². The topological polar surface area (TPSA) is 159 Å². The normalized spacial score (nSPS) is 12.5. The van der Waals surface area contributed by atoms with Crippen LogP contribution < -0.4 is 29.0 Å². The Morgan fingerprint density at radius 3 is 2.51 bits per heavy atom. The summed E-state index contributed by atoms with van der Waals surface area (Å²) in [5.74, 6) is 1.44. The molecule has 0 fully saturated rings. The van der Waals surface area contributed by atoms with Crippen molar-refractivity contribution in [3.05, 3.63) is 47.0 Å². The molecule has 1 aromatic heterocycles. The van der Waals surface area contributed by atoms with Crippen molar-refractivity contribution in [3.8, 4) is 34.8 Å². The molecule has 0 atom stereocenters. The highest BCUT2D eigenvalue weighted by Crippen LogP contribution is 2.40. The number of fused-ring (bicyclic) bond motifs is 1. The van der Waals surface area contributed by atoms with Crippen LogP contribution in [0.1, 0.15) is 11.1 Å². The molecular weight excluding hydrogens is 524 g/mol. The molecule has 1 N–H and O–H groups in total. The zero-order chi connectivity index (χ0) is 26.6. The molecule has 14 heteroatoms. The molecule has 12 nitrogen and oxygen atoms in total. The zero-order valence-corrected chi connectivity index (χ0v) is 21.4. The summed E-state index contributed by atoms with van der Waals surface area (Å²) in [6.07, 6.45) is 2.27. The van der Waals surface area contributed by atoms with Crippen LogP contribution in [0.4, 0.5) is 5.13 Å². The van der Waals surface area contributed by atoms with E-state index in [1.165, 1.54) is 20.3 Å². The van der Waals surface area contributed by atoms with Crippen molar-refractivity contribution in [1.29, 1.82) is 5.26 Å². The molecular formula is C23H20N4O8S2. The second-order valence-electron chi connectivity index (χ2n) is 7.51. The number of benzene rings is 2. The van der Waals surface area contributed by atoms with Gasteiger partial charge in [-0.25, -0.2) is 8.42 Å². The lowest BCUT2D eigenvalue weighted by atomic mass is 10.1. The van der Waals surface area contributed by atoms with E-state index >= 15 is 0 Å². The van der Waals surface area contributed by atoms with E-state index in [9.17, 15) is 18.5 Å². The molecule has 37 heavy (non-hydrogen) atoms. The van der Waals surface area contributed by atoms with Crippen LogP contribution in [0, 0.1) is 11.3 Å². The predicted octanol–water partition coefficient (Wildman–Crippen LogP) is 2.81. The summed E-state index contributed by atoms with van der Waals surface area (Å²) in [7, 11) is -0.737. The lowest BCUT2D eigenvalue weighted by Crippen LogP contribution is -2.13. The molecule has 0 unspecified atom stereocenters. The minimum atomic E-state index is -3.63. The Kier molecular flexibility index (Phi) is 7.46. The van der Waals surface area contributed by atoms with Crippen LogP contribution in [-0.2, 0) is 21.2 Å². The maximum atomic E-state index is 12.6. The van der Waals surface area contributed by atoms with Gasteiger partial charge in [-0.15, -0.1) is 0 Å². The number of aromatic nitrogens is 2. The van der Waals surface area contributed by atoms with Crippen molar-refractivity contribution < 1.29 is 36.9 Å². The van der Waals surface area contributed by atoms with Crippen LogP contribution >= 0.6 is 11.5 Å². The van der Waals surface area contributed by atoms with Gasteiger partial charge < -0.3 is 23.7 Å². The fraction of sp³-hybridized carbons (Fsp3) is 0.217. The Morgan fingerprint density at radius 1 is 1.19 bits per heavy atom. The number of rotatable bonds is 9. The second-order valence-corrected chi connectivity index (χ2v) is 10.2. The van der Waals surface area contributed by atoms with Crippen LogP contribution in [0.15, 0.2) is 41.1 Å². The Hall–Kier alpha value is -4.35. The first kappa shape index (κ1) is 25.7. The third-order valence-electron chi connectivity index (χ3n) is 4.94. The first-order valence-corrected chi connectivity index (χ1v) is 13.1. The van der Waals surface area contributed by atoms with E-state index in [0.717, 1.165) is 11.8 Å². The summed E-state index contributed by atoms with van der Waals surface area (Å²) in [6, 6.07) is 10.4. The van der Waals surface area contributed by atoms with Gasteiger partial charge in [0.25, 0.3) is 11.1 Å². The van der Waals surface area contributed by atoms with Crippen LogP contribution in [0.5, 0.6) is 28.7 Å². The van der Waals surface area contributed by atoms with E-state index in [1.54, 1.807) is 18.2 Å². The Morgan fingerprint density at radius 2 is 1.89 bits per heavy atom. The Bertz CT molecular complexity index is 1500. The van der Waals surface area contributed by atoms with Gasteiger partial charge in [0.15, 0.2) is 23.0 Å². The highest BCUT2D eigenvalue weighted by molar-refractivity contribution is 7.90. The highest BCUT2D eigenvalue weighted by Gasteiger charge is 2.20. The fourth-order valence-corrected chi connectivity index (χ4v) is 4.64. The van der Waals surface area contributed by atoms with Crippen LogP contribution in [0.2, 0.25) is 0 Å². The summed E-state index contributed by atoms with van der Waals surface area (Å²) in [5.41, 5.74) is 0.982. The van der Waals surface area contributed by atoms with Gasteiger partial charge in [0.2, 0.25) is 27.5 Å². The molecule has 1 amide bonds. The van der Waals surface area contributed by atoms with Crippen molar-refractivity contribution >= 4 is 38.5 Å². The number of ether oxygens (including phenoxy) is 5. The zero-order valence-electron chi connectivity index (χ0n) is 19.8. The lowest BCUT2D eigenvalue weighted by Gasteiger charge is -2.16. The third kappa shape index (κ3) is 5.90. The first-order valence-electron chi connectivity index (χ1n) is 10.5. The molecule has 192 valence electrons. The van der Waals surface area contributed by atoms with Gasteiger partial charge in [-0.3, -0.25) is 10.1 Å². The minimum absolute atomic E-state index is 0.0611. The quantitative estimate of drug-likeness (QED) is 0.312. The average Bonchev–Trinajstić information content (AvgIpc) is 3.55. The average molecular weight is 545 g/mol. The number of methoxy groups -OCH3 is 2. The number of anilines is 1. The molecule has 1 aliphatic rings. The van der Waals surface area contributed by atoms with Gasteiger partial charge >= 0.3 is 0 Å². The Balaban J connectivity index is 1.55. The molecule has 0 spiro atoms. The van der Waals surface area contributed by atoms with Crippen molar-refractivity contribution in [1.82, 2.24) is 9.36 Å². The van der Waals surface area contributed by atoms with Crippen LogP contribution in [-0.4, -0.2) is 51.0 Å². The summed E-state index contributed by atoms with van der Waals surface area (Å²) < 4.78 is 54.4.